The predicted octanol–water partition coefficient (Wildman–Crippen LogP) is 5.42. The summed E-state index contributed by atoms with van der Waals surface area (Å²) in [6.07, 6.45) is 2.64. The van der Waals surface area contributed by atoms with Crippen LogP contribution in [0.25, 0.3) is 22.4 Å². The van der Waals surface area contributed by atoms with Crippen LogP contribution < -0.4 is 5.63 Å². The fourth-order valence-electron chi connectivity index (χ4n) is 3.92. The van der Waals surface area contributed by atoms with E-state index in [1.165, 1.54) is 0 Å². The molecule has 2 aromatic carbocycles. The van der Waals surface area contributed by atoms with Crippen molar-refractivity contribution in [3.8, 4) is 11.4 Å². The van der Waals surface area contributed by atoms with E-state index < -0.39 is 0 Å². The Balaban J connectivity index is 1.40. The summed E-state index contributed by atoms with van der Waals surface area (Å²) in [7, 11) is 0. The van der Waals surface area contributed by atoms with Crippen LogP contribution >= 0.6 is 23.2 Å². The van der Waals surface area contributed by atoms with Gasteiger partial charge >= 0.3 is 5.63 Å². The Morgan fingerprint density at radius 3 is 2.74 bits per heavy atom. The zero-order chi connectivity index (χ0) is 21.5. The van der Waals surface area contributed by atoms with Crippen molar-refractivity contribution < 1.29 is 4.42 Å². The molecular weight excluding hydrogens is 433 g/mol. The lowest BCUT2D eigenvalue weighted by molar-refractivity contribution is 0.240. The van der Waals surface area contributed by atoms with Crippen molar-refractivity contribution in [1.29, 1.82) is 0 Å². The van der Waals surface area contributed by atoms with Gasteiger partial charge in [-0.2, -0.15) is 0 Å². The summed E-state index contributed by atoms with van der Waals surface area (Å²) in [4.78, 5) is 24.0. The zero-order valence-corrected chi connectivity index (χ0v) is 18.4. The van der Waals surface area contributed by atoms with Crippen molar-refractivity contribution in [3.05, 3.63) is 91.5 Å². The van der Waals surface area contributed by atoms with Crippen molar-refractivity contribution in [2.45, 2.75) is 26.4 Å². The summed E-state index contributed by atoms with van der Waals surface area (Å²) in [5.41, 5.74) is 4.70. The number of aryl methyl sites for hydroxylation is 1. The fraction of sp³-hybridized carbons (Fsp3) is 0.208. The maximum atomic E-state index is 12.6. The van der Waals surface area contributed by atoms with E-state index in [0.29, 0.717) is 40.1 Å². The SMILES string of the molecule is Cc1ccc2oc(=O)c(CN3CCc4nc(-c5ccc(Cl)cc5)ncc4C3)c(Cl)c2c1. The average Bonchev–Trinajstić information content (AvgIpc) is 2.77. The summed E-state index contributed by atoms with van der Waals surface area (Å²) in [6, 6.07) is 13.1. The first-order valence-corrected chi connectivity index (χ1v) is 10.8. The third-order valence-electron chi connectivity index (χ3n) is 5.58. The number of aromatic nitrogens is 2. The number of benzene rings is 2. The second kappa shape index (κ2) is 8.08. The molecule has 156 valence electrons. The maximum absolute atomic E-state index is 12.6. The van der Waals surface area contributed by atoms with Crippen molar-refractivity contribution in [1.82, 2.24) is 14.9 Å². The lowest BCUT2D eigenvalue weighted by atomic mass is 10.1. The topological polar surface area (TPSA) is 59.2 Å². The first-order chi connectivity index (χ1) is 15.0. The predicted molar refractivity (Wildman–Crippen MR) is 123 cm³/mol. The highest BCUT2D eigenvalue weighted by Gasteiger charge is 2.22. The Labute approximate surface area is 189 Å². The van der Waals surface area contributed by atoms with E-state index in [2.05, 4.69) is 9.88 Å². The molecule has 0 fully saturated rings. The smallest absolute Gasteiger partial charge is 0.342 e. The second-order valence-corrected chi connectivity index (χ2v) is 8.63. The molecule has 3 heterocycles. The summed E-state index contributed by atoms with van der Waals surface area (Å²) in [5, 5.41) is 1.92. The summed E-state index contributed by atoms with van der Waals surface area (Å²) in [6.45, 7) is 3.83. The number of hydrogen-bond donors (Lipinski definition) is 0. The normalized spacial score (nSPS) is 14.0. The standard InChI is InChI=1S/C24H19Cl2N3O2/c1-14-2-7-21-18(10-14)22(26)19(24(30)31-21)13-29-9-8-20-16(12-29)11-27-23(28-20)15-3-5-17(25)6-4-15/h2-7,10-11H,8-9,12-13H2,1H3. The molecule has 0 saturated heterocycles. The fourth-order valence-corrected chi connectivity index (χ4v) is 4.33. The Bertz CT molecular complexity index is 1350. The summed E-state index contributed by atoms with van der Waals surface area (Å²) < 4.78 is 5.51. The van der Waals surface area contributed by atoms with Crippen LogP contribution in [0.4, 0.5) is 0 Å². The minimum atomic E-state index is -0.388. The molecule has 0 radical (unpaired) electrons. The van der Waals surface area contributed by atoms with Gasteiger partial charge in [-0.3, -0.25) is 4.90 Å². The number of nitrogens with zero attached hydrogens (tertiary/aromatic N) is 3. The van der Waals surface area contributed by atoms with Gasteiger partial charge in [-0.1, -0.05) is 34.8 Å². The minimum Gasteiger partial charge on any atom is -0.422 e. The minimum absolute atomic E-state index is 0.388. The van der Waals surface area contributed by atoms with Crippen molar-refractivity contribution in [2.24, 2.45) is 0 Å². The maximum Gasteiger partial charge on any atom is 0.342 e. The first-order valence-electron chi connectivity index (χ1n) is 10.0. The molecule has 1 aliphatic heterocycles. The zero-order valence-electron chi connectivity index (χ0n) is 16.9. The van der Waals surface area contributed by atoms with E-state index in [0.717, 1.165) is 40.7 Å². The second-order valence-electron chi connectivity index (χ2n) is 7.81. The summed E-state index contributed by atoms with van der Waals surface area (Å²) in [5.74, 6) is 0.692. The molecule has 31 heavy (non-hydrogen) atoms. The monoisotopic (exact) mass is 451 g/mol. The Kier molecular flexibility index (Phi) is 5.26. The molecule has 0 unspecified atom stereocenters. The first kappa shape index (κ1) is 20.2. The quantitative estimate of drug-likeness (QED) is 0.389. The molecule has 4 aromatic rings. The third-order valence-corrected chi connectivity index (χ3v) is 6.27. The van der Waals surface area contributed by atoms with Gasteiger partial charge in [0.15, 0.2) is 5.82 Å². The number of fused-ring (bicyclic) bond motifs is 2. The van der Waals surface area contributed by atoms with Crippen LogP contribution in [0.1, 0.15) is 22.4 Å². The van der Waals surface area contributed by atoms with Gasteiger partial charge in [0.2, 0.25) is 0 Å². The van der Waals surface area contributed by atoms with Crippen molar-refractivity contribution in [3.63, 3.8) is 0 Å². The molecule has 0 saturated carbocycles. The molecule has 5 rings (SSSR count). The van der Waals surface area contributed by atoms with Gasteiger partial charge in [0.05, 0.1) is 16.3 Å². The van der Waals surface area contributed by atoms with Crippen LogP contribution in [0.15, 0.2) is 57.9 Å². The molecule has 5 nitrogen and oxygen atoms in total. The molecule has 0 bridgehead atoms. The number of rotatable bonds is 3. The Morgan fingerprint density at radius 2 is 1.94 bits per heavy atom. The summed E-state index contributed by atoms with van der Waals surface area (Å²) >= 11 is 12.6. The molecule has 2 aromatic heterocycles. The van der Waals surface area contributed by atoms with Crippen LogP contribution in [0, 0.1) is 6.92 Å². The average molecular weight is 452 g/mol. The Hall–Kier alpha value is -2.73. The highest BCUT2D eigenvalue weighted by Crippen LogP contribution is 2.28. The van der Waals surface area contributed by atoms with Crippen LogP contribution in [0.3, 0.4) is 0 Å². The van der Waals surface area contributed by atoms with E-state index in [-0.39, 0.29) is 5.63 Å². The van der Waals surface area contributed by atoms with Gasteiger partial charge in [-0.05, 0) is 43.3 Å². The van der Waals surface area contributed by atoms with E-state index >= 15 is 0 Å². The van der Waals surface area contributed by atoms with E-state index in [1.807, 2.05) is 49.5 Å². The van der Waals surface area contributed by atoms with E-state index in [1.54, 1.807) is 6.07 Å². The van der Waals surface area contributed by atoms with Crippen LogP contribution in [-0.2, 0) is 19.5 Å². The van der Waals surface area contributed by atoms with Crippen molar-refractivity contribution in [2.75, 3.05) is 6.54 Å². The molecule has 1 aliphatic rings. The number of hydrogen-bond acceptors (Lipinski definition) is 5. The van der Waals surface area contributed by atoms with Gasteiger partial charge in [0.25, 0.3) is 0 Å². The molecule has 0 atom stereocenters. The van der Waals surface area contributed by atoms with Gasteiger partial charge in [-0.25, -0.2) is 14.8 Å². The lowest BCUT2D eigenvalue weighted by Gasteiger charge is -2.28. The molecule has 0 spiro atoms. The lowest BCUT2D eigenvalue weighted by Crippen LogP contribution is -2.32. The van der Waals surface area contributed by atoms with Gasteiger partial charge in [-0.15, -0.1) is 0 Å². The van der Waals surface area contributed by atoms with Crippen LogP contribution in [-0.4, -0.2) is 21.4 Å². The van der Waals surface area contributed by atoms with Gasteiger partial charge in [0.1, 0.15) is 5.58 Å². The number of halogens is 2. The Morgan fingerprint density at radius 1 is 1.13 bits per heavy atom. The van der Waals surface area contributed by atoms with E-state index in [4.69, 9.17) is 32.6 Å². The molecule has 7 heteroatoms. The van der Waals surface area contributed by atoms with Crippen molar-refractivity contribution >= 4 is 34.2 Å². The van der Waals surface area contributed by atoms with Gasteiger partial charge < -0.3 is 4.42 Å². The molecule has 0 amide bonds. The van der Waals surface area contributed by atoms with Crippen LogP contribution in [0.5, 0.6) is 0 Å². The molecular formula is C24H19Cl2N3O2. The third kappa shape index (κ3) is 3.97. The molecule has 0 aliphatic carbocycles. The molecule has 0 N–H and O–H groups in total. The largest absolute Gasteiger partial charge is 0.422 e. The highest BCUT2D eigenvalue weighted by molar-refractivity contribution is 6.36. The van der Waals surface area contributed by atoms with E-state index in [9.17, 15) is 4.79 Å². The highest BCUT2D eigenvalue weighted by atomic mass is 35.5. The van der Waals surface area contributed by atoms with Crippen LogP contribution in [0.2, 0.25) is 10.0 Å². The van der Waals surface area contributed by atoms with Gasteiger partial charge in [0, 0.05) is 53.8 Å².